The van der Waals surface area contributed by atoms with Crippen molar-refractivity contribution < 1.29 is 23.4 Å². The van der Waals surface area contributed by atoms with Crippen LogP contribution in [-0.2, 0) is 0 Å². The monoisotopic (exact) mass is 537 g/mol. The van der Waals surface area contributed by atoms with Crippen LogP contribution >= 0.6 is 0 Å². The van der Waals surface area contributed by atoms with Gasteiger partial charge >= 0.3 is 6.61 Å². The molecule has 0 saturated carbocycles. The van der Waals surface area contributed by atoms with Crippen LogP contribution in [0.4, 0.5) is 14.6 Å². The molecular formula is C27H29F2N7O3. The van der Waals surface area contributed by atoms with E-state index in [4.69, 9.17) is 15.5 Å². The number of benzene rings is 1. The zero-order valence-electron chi connectivity index (χ0n) is 21.3. The van der Waals surface area contributed by atoms with Gasteiger partial charge in [-0.2, -0.15) is 13.9 Å². The summed E-state index contributed by atoms with van der Waals surface area (Å²) in [6.45, 7) is 0.448. The number of carbonyl (C=O) groups is 1. The number of halogens is 2. The number of nitrogens with zero attached hydrogens (tertiary/aromatic N) is 5. The Bertz CT molecular complexity index is 1550. The van der Waals surface area contributed by atoms with E-state index >= 15 is 0 Å². The summed E-state index contributed by atoms with van der Waals surface area (Å²) in [7, 11) is 0. The minimum atomic E-state index is -2.96. The molecule has 1 aromatic carbocycles. The van der Waals surface area contributed by atoms with E-state index in [0.717, 1.165) is 36.3 Å². The fourth-order valence-electron chi connectivity index (χ4n) is 5.73. The highest BCUT2D eigenvalue weighted by Crippen LogP contribution is 2.34. The molecule has 5 heterocycles. The van der Waals surface area contributed by atoms with Crippen molar-refractivity contribution in [3.63, 3.8) is 0 Å². The van der Waals surface area contributed by atoms with Crippen LogP contribution in [-0.4, -0.2) is 74.1 Å². The van der Waals surface area contributed by atoms with Gasteiger partial charge in [0.1, 0.15) is 17.3 Å². The van der Waals surface area contributed by atoms with Crippen molar-refractivity contribution in [3.05, 3.63) is 53.5 Å². The summed E-state index contributed by atoms with van der Waals surface area (Å²) in [5.74, 6) is 0.300. The highest BCUT2D eigenvalue weighted by atomic mass is 19.3. The molecule has 0 radical (unpaired) electrons. The van der Waals surface area contributed by atoms with Crippen molar-refractivity contribution in [2.24, 2.45) is 5.92 Å². The van der Waals surface area contributed by atoms with Gasteiger partial charge in [-0.05, 0) is 44.4 Å². The number of amides is 1. The number of alkyl halides is 2. The average molecular weight is 538 g/mol. The maximum Gasteiger partial charge on any atom is 0.387 e. The molecule has 10 nitrogen and oxygen atoms in total. The van der Waals surface area contributed by atoms with Crippen molar-refractivity contribution in [1.29, 1.82) is 5.41 Å². The van der Waals surface area contributed by atoms with E-state index in [1.807, 2.05) is 24.1 Å². The van der Waals surface area contributed by atoms with Gasteiger partial charge in [-0.25, -0.2) is 9.50 Å². The molecule has 204 valence electrons. The van der Waals surface area contributed by atoms with E-state index in [1.165, 1.54) is 12.3 Å². The number of hydrogen-bond acceptors (Lipinski definition) is 7. The third-order valence-corrected chi connectivity index (χ3v) is 7.65. The maximum absolute atomic E-state index is 13.7. The second-order valence-electron chi connectivity index (χ2n) is 10.2. The van der Waals surface area contributed by atoms with Crippen LogP contribution in [0.5, 0.6) is 5.75 Å². The topological polar surface area (TPSA) is 123 Å². The average Bonchev–Trinajstić information content (AvgIpc) is 3.64. The predicted molar refractivity (Wildman–Crippen MR) is 141 cm³/mol. The number of β-amino-alcohol motifs (C(OH)–C–C–N with tert-alkyl or cyclic N) is 1. The molecule has 0 bridgehead atoms. The molecule has 4 aromatic rings. The Balaban J connectivity index is 1.30. The third-order valence-electron chi connectivity index (χ3n) is 7.65. The first kappa shape index (κ1) is 25.2. The molecule has 0 spiro atoms. The number of carbonyl (C=O) groups excluding carboxylic acids is 1. The number of aromatic nitrogens is 4. The van der Waals surface area contributed by atoms with Crippen molar-refractivity contribution in [2.45, 2.75) is 44.9 Å². The summed E-state index contributed by atoms with van der Waals surface area (Å²) in [4.78, 5) is 25.3. The third kappa shape index (κ3) is 4.58. The Morgan fingerprint density at radius 2 is 2.13 bits per heavy atom. The number of anilines is 1. The van der Waals surface area contributed by atoms with E-state index in [1.54, 1.807) is 27.6 Å². The first-order valence-corrected chi connectivity index (χ1v) is 13.0. The van der Waals surface area contributed by atoms with Crippen LogP contribution in [0.25, 0.3) is 16.6 Å². The number of nitrogens with one attached hydrogen (secondary N) is 2. The van der Waals surface area contributed by atoms with Gasteiger partial charge in [0.25, 0.3) is 5.91 Å². The van der Waals surface area contributed by atoms with E-state index in [9.17, 15) is 18.7 Å². The quantitative estimate of drug-likeness (QED) is 0.320. The number of ether oxygens (including phenoxy) is 1. The summed E-state index contributed by atoms with van der Waals surface area (Å²) in [5.41, 5.74) is 3.10. The summed E-state index contributed by atoms with van der Waals surface area (Å²) in [6.07, 6.45) is 5.09. The van der Waals surface area contributed by atoms with E-state index < -0.39 is 12.7 Å². The van der Waals surface area contributed by atoms with E-state index in [2.05, 4.69) is 9.72 Å². The minimum absolute atomic E-state index is 0.0167. The Hall–Kier alpha value is -4.06. The molecule has 3 atom stereocenters. The summed E-state index contributed by atoms with van der Waals surface area (Å²) in [5, 5.41) is 23.0. The number of rotatable bonds is 6. The van der Waals surface area contributed by atoms with Crippen molar-refractivity contribution in [1.82, 2.24) is 24.5 Å². The second-order valence-corrected chi connectivity index (χ2v) is 10.2. The number of piperidine rings is 1. The summed E-state index contributed by atoms with van der Waals surface area (Å²) in [6, 6.07) is 7.95. The SMILES string of the molecule is Cc1cn2nc([C@@H]3CCCCN3C(=O)c3cc4c(OC(F)F)cccc4[nH]3)cc2nc1N1C[C@@H](C=N)[C@@H](O)C1. The number of aromatic amines is 1. The lowest BCUT2D eigenvalue weighted by atomic mass is 9.99. The molecule has 2 fully saturated rings. The standard InChI is InChI=1S/C27H29F2N7O3/c1-15-12-36-24(32-25(15)34-13-16(11-30)22(37)14-34)10-19(33-36)21-6-2-3-8-35(21)26(38)20-9-17-18(31-20)5-4-7-23(17)39-27(28)29/h4-5,7,9-12,16,21-22,27,30-31,37H,2-3,6,8,13-14H2,1H3/t16-,21+,22+/m1/s1. The van der Waals surface area contributed by atoms with Gasteiger partial charge in [0.2, 0.25) is 0 Å². The van der Waals surface area contributed by atoms with Gasteiger partial charge in [0.15, 0.2) is 5.65 Å². The maximum atomic E-state index is 13.7. The number of fused-ring (bicyclic) bond motifs is 2. The highest BCUT2D eigenvalue weighted by Gasteiger charge is 2.33. The number of aliphatic hydroxyl groups is 1. The lowest BCUT2D eigenvalue weighted by molar-refractivity contribution is -0.0487. The van der Waals surface area contributed by atoms with Gasteiger partial charge in [-0.3, -0.25) is 4.79 Å². The van der Waals surface area contributed by atoms with Crippen molar-refractivity contribution >= 4 is 34.5 Å². The van der Waals surface area contributed by atoms with Crippen LogP contribution < -0.4 is 9.64 Å². The number of aliphatic hydroxyl groups excluding tert-OH is 1. The van der Waals surface area contributed by atoms with Crippen LogP contribution in [0.15, 0.2) is 36.5 Å². The molecule has 12 heteroatoms. The minimum Gasteiger partial charge on any atom is -0.434 e. The first-order chi connectivity index (χ1) is 18.8. The van der Waals surface area contributed by atoms with Crippen LogP contribution in [0, 0.1) is 18.3 Å². The van der Waals surface area contributed by atoms with Crippen LogP contribution in [0.1, 0.15) is 47.1 Å². The number of aryl methyl sites for hydroxylation is 1. The molecule has 0 unspecified atom stereocenters. The molecule has 39 heavy (non-hydrogen) atoms. The Morgan fingerprint density at radius 1 is 1.28 bits per heavy atom. The first-order valence-electron chi connectivity index (χ1n) is 13.0. The van der Waals surface area contributed by atoms with Gasteiger partial charge in [0, 0.05) is 60.5 Å². The number of hydrogen-bond donors (Lipinski definition) is 3. The van der Waals surface area contributed by atoms with Gasteiger partial charge in [-0.15, -0.1) is 0 Å². The molecule has 6 rings (SSSR count). The lowest BCUT2D eigenvalue weighted by Crippen LogP contribution is -2.38. The summed E-state index contributed by atoms with van der Waals surface area (Å²) < 4.78 is 32.1. The van der Waals surface area contributed by atoms with Gasteiger partial charge in [0.05, 0.1) is 17.8 Å². The normalized spacial score (nSPS) is 21.8. The van der Waals surface area contributed by atoms with E-state index in [0.29, 0.717) is 41.9 Å². The summed E-state index contributed by atoms with van der Waals surface area (Å²) >= 11 is 0. The predicted octanol–water partition coefficient (Wildman–Crippen LogP) is 3.93. The van der Waals surface area contributed by atoms with Gasteiger partial charge in [-0.1, -0.05) is 6.07 Å². The fourth-order valence-corrected chi connectivity index (χ4v) is 5.73. The molecular weight excluding hydrogens is 508 g/mol. The second kappa shape index (κ2) is 9.92. The molecule has 3 N–H and O–H groups in total. The molecule has 3 aromatic heterocycles. The Kier molecular flexibility index (Phi) is 6.42. The van der Waals surface area contributed by atoms with Crippen LogP contribution in [0.3, 0.4) is 0 Å². The molecule has 2 aliphatic rings. The van der Waals surface area contributed by atoms with Crippen LogP contribution in [0.2, 0.25) is 0 Å². The van der Waals surface area contributed by atoms with E-state index in [-0.39, 0.29) is 23.6 Å². The largest absolute Gasteiger partial charge is 0.434 e. The lowest BCUT2D eigenvalue weighted by Gasteiger charge is -2.34. The number of H-pyrrole nitrogens is 1. The van der Waals surface area contributed by atoms with Crippen molar-refractivity contribution in [2.75, 3.05) is 24.5 Å². The number of likely N-dealkylation sites (tertiary alicyclic amines) is 1. The zero-order chi connectivity index (χ0) is 27.3. The highest BCUT2D eigenvalue weighted by molar-refractivity contribution is 6.00. The van der Waals surface area contributed by atoms with Gasteiger partial charge < -0.3 is 30.0 Å². The zero-order valence-corrected chi connectivity index (χ0v) is 21.3. The van der Waals surface area contributed by atoms with Crippen molar-refractivity contribution in [3.8, 4) is 5.75 Å². The molecule has 1 amide bonds. The fraction of sp³-hybridized carbons (Fsp3) is 0.407. The molecule has 2 saturated heterocycles. The molecule has 2 aliphatic heterocycles. The Morgan fingerprint density at radius 3 is 2.90 bits per heavy atom. The smallest absolute Gasteiger partial charge is 0.387 e. The Labute approximate surface area is 222 Å². The molecule has 0 aliphatic carbocycles.